The molecule has 1 N–H and O–H groups in total. The molecule has 0 saturated heterocycles. The van der Waals surface area contributed by atoms with E-state index in [-0.39, 0.29) is 5.69 Å². The minimum Gasteiger partial charge on any atom is -0.480 e. The summed E-state index contributed by atoms with van der Waals surface area (Å²) in [5, 5.41) is 8.98. The lowest BCUT2D eigenvalue weighted by atomic mass is 10.0. The average molecular weight is 223 g/mol. The van der Waals surface area contributed by atoms with Crippen LogP contribution in [0.15, 0.2) is 18.6 Å². The number of hydrogen-bond donors (Lipinski definition) is 1. The molecule has 0 radical (unpaired) electrons. The van der Waals surface area contributed by atoms with Gasteiger partial charge in [-0.25, -0.2) is 9.78 Å². The summed E-state index contributed by atoms with van der Waals surface area (Å²) in [6.45, 7) is 2.90. The minimum atomic E-state index is -1.28. The lowest BCUT2D eigenvalue weighted by Gasteiger charge is -2.31. The smallest absolute Gasteiger partial charge is 0.329 e. The Bertz CT molecular complexity index is 403. The van der Waals surface area contributed by atoms with Gasteiger partial charge in [0.2, 0.25) is 0 Å². The van der Waals surface area contributed by atoms with Gasteiger partial charge in [0.1, 0.15) is 11.2 Å². The van der Waals surface area contributed by atoms with Gasteiger partial charge in [-0.05, 0) is 13.8 Å². The van der Waals surface area contributed by atoms with Gasteiger partial charge in [0, 0.05) is 19.4 Å². The van der Waals surface area contributed by atoms with Crippen LogP contribution in [-0.2, 0) is 4.79 Å². The maximum absolute atomic E-state index is 11.9. The predicted octanol–water partition coefficient (Wildman–Crippen LogP) is 0.412. The van der Waals surface area contributed by atoms with E-state index >= 15 is 0 Å². The van der Waals surface area contributed by atoms with E-state index in [1.165, 1.54) is 39.5 Å². The van der Waals surface area contributed by atoms with Crippen molar-refractivity contribution in [3.05, 3.63) is 24.3 Å². The molecule has 1 amide bonds. The van der Waals surface area contributed by atoms with Crippen LogP contribution >= 0.6 is 0 Å². The minimum absolute atomic E-state index is 0.124. The monoisotopic (exact) mass is 223 g/mol. The summed E-state index contributed by atoms with van der Waals surface area (Å²) >= 11 is 0. The topological polar surface area (TPSA) is 83.4 Å². The van der Waals surface area contributed by atoms with Crippen molar-refractivity contribution in [2.45, 2.75) is 19.4 Å². The van der Waals surface area contributed by atoms with Gasteiger partial charge in [0.15, 0.2) is 0 Å². The zero-order valence-corrected chi connectivity index (χ0v) is 9.34. The molecular formula is C10H13N3O3. The highest BCUT2D eigenvalue weighted by Crippen LogP contribution is 2.14. The van der Waals surface area contributed by atoms with Crippen LogP contribution in [0.5, 0.6) is 0 Å². The SMILES string of the molecule is CN(C(=O)c1cnccn1)C(C)(C)C(=O)O. The van der Waals surface area contributed by atoms with Crippen molar-refractivity contribution < 1.29 is 14.7 Å². The first-order valence-electron chi connectivity index (χ1n) is 4.65. The standard InChI is InChI=1S/C10H13N3O3/c1-10(2,9(15)16)13(3)8(14)7-6-11-4-5-12-7/h4-6H,1-3H3,(H,15,16). The van der Waals surface area contributed by atoms with Gasteiger partial charge in [-0.2, -0.15) is 0 Å². The number of aliphatic carboxylic acids is 1. The zero-order valence-electron chi connectivity index (χ0n) is 9.34. The second kappa shape index (κ2) is 4.26. The second-order valence-corrected chi connectivity index (χ2v) is 3.82. The first-order chi connectivity index (χ1) is 7.37. The molecule has 0 aliphatic rings. The van der Waals surface area contributed by atoms with Crippen LogP contribution in [0.4, 0.5) is 0 Å². The highest BCUT2D eigenvalue weighted by Gasteiger charge is 2.35. The molecule has 0 saturated carbocycles. The van der Waals surface area contributed by atoms with Gasteiger partial charge < -0.3 is 10.0 Å². The summed E-state index contributed by atoms with van der Waals surface area (Å²) in [6, 6.07) is 0. The third kappa shape index (κ3) is 2.16. The summed E-state index contributed by atoms with van der Waals surface area (Å²) in [7, 11) is 1.42. The van der Waals surface area contributed by atoms with Crippen LogP contribution in [-0.4, -0.2) is 44.4 Å². The molecule has 1 aromatic rings. The first kappa shape index (κ1) is 12.1. The van der Waals surface area contributed by atoms with Gasteiger partial charge in [-0.1, -0.05) is 0 Å². The van der Waals surface area contributed by atoms with Gasteiger partial charge in [0.25, 0.3) is 5.91 Å². The summed E-state index contributed by atoms with van der Waals surface area (Å²) < 4.78 is 0. The Kier molecular flexibility index (Phi) is 3.22. The molecule has 0 spiro atoms. The van der Waals surface area contributed by atoms with Crippen LogP contribution in [0.2, 0.25) is 0 Å². The Morgan fingerprint density at radius 3 is 2.44 bits per heavy atom. The van der Waals surface area contributed by atoms with Gasteiger partial charge in [-0.15, -0.1) is 0 Å². The molecule has 1 heterocycles. The average Bonchev–Trinajstić information content (AvgIpc) is 2.28. The van der Waals surface area contributed by atoms with Crippen LogP contribution < -0.4 is 0 Å². The Morgan fingerprint density at radius 2 is 2.00 bits per heavy atom. The zero-order chi connectivity index (χ0) is 12.3. The van der Waals surface area contributed by atoms with Gasteiger partial charge >= 0.3 is 5.97 Å². The number of nitrogens with zero attached hydrogens (tertiary/aromatic N) is 3. The van der Waals surface area contributed by atoms with E-state index in [0.29, 0.717) is 0 Å². The van der Waals surface area contributed by atoms with Gasteiger partial charge in [-0.3, -0.25) is 9.78 Å². The van der Waals surface area contributed by atoms with Crippen molar-refractivity contribution in [3.63, 3.8) is 0 Å². The number of carbonyl (C=O) groups excluding carboxylic acids is 1. The van der Waals surface area contributed by atoms with Crippen molar-refractivity contribution in [3.8, 4) is 0 Å². The molecule has 0 unspecified atom stereocenters. The van der Waals surface area contributed by atoms with E-state index < -0.39 is 17.4 Å². The molecule has 0 bridgehead atoms. The molecule has 6 heteroatoms. The molecule has 86 valence electrons. The molecule has 6 nitrogen and oxygen atoms in total. The van der Waals surface area contributed by atoms with Crippen LogP contribution in [0.3, 0.4) is 0 Å². The largest absolute Gasteiger partial charge is 0.480 e. The summed E-state index contributed by atoms with van der Waals surface area (Å²) in [4.78, 5) is 31.5. The molecule has 0 aromatic carbocycles. The predicted molar refractivity (Wildman–Crippen MR) is 55.8 cm³/mol. The maximum Gasteiger partial charge on any atom is 0.329 e. The number of carboxylic acid groups (broad SMARTS) is 1. The number of rotatable bonds is 3. The summed E-state index contributed by atoms with van der Waals surface area (Å²) in [5.74, 6) is -1.55. The summed E-state index contributed by atoms with van der Waals surface area (Å²) in [5.41, 5.74) is -1.16. The fourth-order valence-electron chi connectivity index (χ4n) is 0.979. The fraction of sp³-hybridized carbons (Fsp3) is 0.400. The number of carboxylic acids is 1. The molecule has 1 aromatic heterocycles. The number of carbonyl (C=O) groups is 2. The van der Waals surface area contributed by atoms with Crippen LogP contribution in [0.1, 0.15) is 24.3 Å². The Hall–Kier alpha value is -1.98. The fourth-order valence-corrected chi connectivity index (χ4v) is 0.979. The number of amides is 1. The van der Waals surface area contributed by atoms with Gasteiger partial charge in [0.05, 0.1) is 6.20 Å². The lowest BCUT2D eigenvalue weighted by molar-refractivity contribution is -0.147. The van der Waals surface area contributed by atoms with E-state index in [9.17, 15) is 9.59 Å². The highest BCUT2D eigenvalue weighted by atomic mass is 16.4. The Labute approximate surface area is 92.9 Å². The van der Waals surface area contributed by atoms with Crippen molar-refractivity contribution in [2.24, 2.45) is 0 Å². The molecule has 16 heavy (non-hydrogen) atoms. The van der Waals surface area contributed by atoms with Crippen molar-refractivity contribution in [1.29, 1.82) is 0 Å². The third-order valence-electron chi connectivity index (χ3n) is 2.45. The first-order valence-corrected chi connectivity index (χ1v) is 4.65. The lowest BCUT2D eigenvalue weighted by Crippen LogP contribution is -2.50. The Balaban J connectivity index is 2.96. The van der Waals surface area contributed by atoms with Crippen molar-refractivity contribution >= 4 is 11.9 Å². The molecule has 0 atom stereocenters. The molecule has 0 fully saturated rings. The van der Waals surface area contributed by atoms with Crippen molar-refractivity contribution in [2.75, 3.05) is 7.05 Å². The number of hydrogen-bond acceptors (Lipinski definition) is 4. The van der Waals surface area contributed by atoms with Crippen LogP contribution in [0, 0.1) is 0 Å². The van der Waals surface area contributed by atoms with E-state index in [2.05, 4.69) is 9.97 Å². The van der Waals surface area contributed by atoms with E-state index in [1.807, 2.05) is 0 Å². The van der Waals surface area contributed by atoms with E-state index in [0.717, 1.165) is 4.90 Å². The number of likely N-dealkylation sites (N-methyl/N-ethyl adjacent to an activating group) is 1. The van der Waals surface area contributed by atoms with E-state index in [4.69, 9.17) is 5.11 Å². The molecular weight excluding hydrogens is 210 g/mol. The second-order valence-electron chi connectivity index (χ2n) is 3.82. The Morgan fingerprint density at radius 1 is 1.38 bits per heavy atom. The van der Waals surface area contributed by atoms with Crippen LogP contribution in [0.25, 0.3) is 0 Å². The molecule has 0 aliphatic carbocycles. The normalized spacial score (nSPS) is 10.9. The quantitative estimate of drug-likeness (QED) is 0.802. The maximum atomic E-state index is 11.9. The molecule has 0 aliphatic heterocycles. The number of aromatic nitrogens is 2. The summed E-state index contributed by atoms with van der Waals surface area (Å²) in [6.07, 6.45) is 4.13. The third-order valence-corrected chi connectivity index (χ3v) is 2.45. The highest BCUT2D eigenvalue weighted by molar-refractivity contribution is 5.95. The van der Waals surface area contributed by atoms with Crippen molar-refractivity contribution in [1.82, 2.24) is 14.9 Å². The van der Waals surface area contributed by atoms with E-state index in [1.54, 1.807) is 0 Å². The molecule has 1 rings (SSSR count).